The summed E-state index contributed by atoms with van der Waals surface area (Å²) >= 11 is 0. The number of rotatable bonds is 12. The fourth-order valence-electron chi connectivity index (χ4n) is 3.81. The zero-order valence-corrected chi connectivity index (χ0v) is 22.1. The van der Waals surface area contributed by atoms with Crippen LogP contribution in [0.2, 0.25) is 0 Å². The van der Waals surface area contributed by atoms with Gasteiger partial charge in [0.15, 0.2) is 12.4 Å². The largest absolute Gasteiger partial charge is 0.459 e. The van der Waals surface area contributed by atoms with Crippen LogP contribution in [0.15, 0.2) is 77.7 Å². The van der Waals surface area contributed by atoms with Crippen LogP contribution in [0.1, 0.15) is 18.7 Å². The minimum atomic E-state index is -4.40. The van der Waals surface area contributed by atoms with Crippen LogP contribution in [0.5, 0.6) is 5.75 Å². The van der Waals surface area contributed by atoms with Crippen LogP contribution in [-0.2, 0) is 25.2 Å². The minimum absolute atomic E-state index is 0.0522. The van der Waals surface area contributed by atoms with Crippen molar-refractivity contribution in [1.82, 2.24) is 14.6 Å². The molecule has 0 amide bonds. The summed E-state index contributed by atoms with van der Waals surface area (Å²) in [5, 5.41) is 23.3. The number of aromatic nitrogens is 2. The van der Waals surface area contributed by atoms with E-state index in [0.29, 0.717) is 4.57 Å². The van der Waals surface area contributed by atoms with Crippen molar-refractivity contribution in [3.8, 4) is 5.75 Å². The molecule has 2 unspecified atom stereocenters. The number of hydrogen-bond donors (Lipinski definition) is 4. The Morgan fingerprint density at radius 1 is 1.18 bits per heavy atom. The number of aliphatic hydroxyl groups is 2. The summed E-state index contributed by atoms with van der Waals surface area (Å²) in [4.78, 5) is 15.5. The lowest BCUT2D eigenvalue weighted by Crippen LogP contribution is -2.42. The van der Waals surface area contributed by atoms with Crippen LogP contribution in [0.4, 0.5) is 14.6 Å². The first-order chi connectivity index (χ1) is 19.0. The van der Waals surface area contributed by atoms with E-state index in [1.54, 1.807) is 42.5 Å². The van der Waals surface area contributed by atoms with Crippen molar-refractivity contribution in [2.75, 3.05) is 12.3 Å². The number of hydrogen-bond acceptors (Lipinski definition) is 10. The average Bonchev–Trinajstić information content (AvgIpc) is 3.15. The maximum atomic E-state index is 14.9. The van der Waals surface area contributed by atoms with Gasteiger partial charge in [-0.2, -0.15) is 13.8 Å². The molecule has 0 saturated carbocycles. The van der Waals surface area contributed by atoms with Gasteiger partial charge in [-0.05, 0) is 30.7 Å². The van der Waals surface area contributed by atoms with Gasteiger partial charge in [-0.1, -0.05) is 48.5 Å². The van der Waals surface area contributed by atoms with Gasteiger partial charge in [-0.25, -0.2) is 14.4 Å². The van der Waals surface area contributed by atoms with Gasteiger partial charge in [0.25, 0.3) is 0 Å². The molecule has 1 aromatic heterocycles. The van der Waals surface area contributed by atoms with E-state index in [2.05, 4.69) is 10.1 Å². The van der Waals surface area contributed by atoms with Crippen molar-refractivity contribution < 1.29 is 42.1 Å². The van der Waals surface area contributed by atoms with Crippen LogP contribution in [0, 0.1) is 0 Å². The first-order valence-corrected chi connectivity index (χ1v) is 13.7. The van der Waals surface area contributed by atoms with Crippen LogP contribution >= 0.6 is 7.75 Å². The van der Waals surface area contributed by atoms with Crippen molar-refractivity contribution in [3.63, 3.8) is 0 Å². The number of ether oxygens (including phenoxy) is 2. The number of aliphatic hydroxyl groups excluding tert-OH is 2. The summed E-state index contributed by atoms with van der Waals surface area (Å²) in [7, 11) is -4.40. The number of benzene rings is 2. The first kappa shape index (κ1) is 29.7. The Morgan fingerprint density at radius 2 is 1.82 bits per heavy atom. The highest BCUT2D eigenvalue weighted by Gasteiger charge is 2.60. The second kappa shape index (κ2) is 12.5. The lowest BCUT2D eigenvalue weighted by molar-refractivity contribution is -0.140. The van der Waals surface area contributed by atoms with Gasteiger partial charge < -0.3 is 29.9 Å². The smallest absolute Gasteiger partial charge is 0.413 e. The number of para-hydroxylation sites is 1. The zero-order chi connectivity index (χ0) is 28.9. The van der Waals surface area contributed by atoms with Crippen LogP contribution in [-0.4, -0.2) is 56.8 Å². The Labute approximate surface area is 227 Å². The molecular formula is C25H29F2N4O8P. The van der Waals surface area contributed by atoms with Crippen molar-refractivity contribution in [1.29, 1.82) is 0 Å². The molecule has 1 aliphatic rings. The number of alkyl halides is 2. The fraction of sp³-hybridized carbons (Fsp3) is 0.360. The van der Waals surface area contributed by atoms with E-state index in [-0.39, 0.29) is 18.2 Å². The third kappa shape index (κ3) is 7.09. The van der Waals surface area contributed by atoms with E-state index in [9.17, 15) is 28.4 Å². The molecule has 0 aliphatic carbocycles. The predicted molar refractivity (Wildman–Crippen MR) is 138 cm³/mol. The van der Waals surface area contributed by atoms with E-state index < -0.39 is 56.7 Å². The quantitative estimate of drug-likeness (QED) is 0.183. The SMILES string of the molecule is C[C@H](NP(=O)(OC[C@H]1O[C@@H](n2ccc(N)nc2=O)C(F)(F)[C@@H]1O)Oc1ccccc1)C(O)OCc1ccccc1. The van der Waals surface area contributed by atoms with Gasteiger partial charge in [0.2, 0.25) is 6.23 Å². The maximum Gasteiger partial charge on any atom is 0.459 e. The molecule has 2 aromatic carbocycles. The minimum Gasteiger partial charge on any atom is -0.413 e. The Hall–Kier alpha value is -3.23. The molecule has 216 valence electrons. The first-order valence-electron chi connectivity index (χ1n) is 12.1. The number of nitrogens with two attached hydrogens (primary N) is 1. The lowest BCUT2D eigenvalue weighted by Gasteiger charge is -2.27. The summed E-state index contributed by atoms with van der Waals surface area (Å²) in [6.45, 7) is 0.664. The molecular weight excluding hydrogens is 553 g/mol. The van der Waals surface area contributed by atoms with Gasteiger partial charge in [-0.15, -0.1) is 0 Å². The third-order valence-corrected chi connectivity index (χ3v) is 7.58. The predicted octanol–water partition coefficient (Wildman–Crippen LogP) is 2.44. The number of anilines is 1. The normalized spacial score (nSPS) is 23.3. The summed E-state index contributed by atoms with van der Waals surface area (Å²) < 4.78 is 65.7. The van der Waals surface area contributed by atoms with Crippen molar-refractivity contribution in [2.45, 2.75) is 50.2 Å². The standard InChI is InChI=1S/C25H29F2N4O8P/c1-16(22(33)36-14-17-8-4-2-5-9-17)30-40(35,39-18-10-6-3-7-11-18)37-15-19-21(32)25(26,27)23(38-19)31-13-12-20(28)29-24(31)34/h2-13,16,19,21-23,32-33H,14-15H2,1H3,(H,30,35)(H2,28,29,34)/t16-,19+,21+,22?,23+,40?/m0/s1. The molecule has 12 nitrogen and oxygen atoms in total. The Morgan fingerprint density at radius 3 is 2.48 bits per heavy atom. The van der Waals surface area contributed by atoms with E-state index in [4.69, 9.17) is 24.3 Å². The summed E-state index contributed by atoms with van der Waals surface area (Å²) in [6.07, 6.45) is -6.91. The van der Waals surface area contributed by atoms with E-state index >= 15 is 0 Å². The molecule has 4 rings (SSSR count). The van der Waals surface area contributed by atoms with Crippen LogP contribution < -0.4 is 21.0 Å². The number of nitrogen functional groups attached to an aromatic ring is 1. The molecule has 5 N–H and O–H groups in total. The van der Waals surface area contributed by atoms with Gasteiger partial charge in [-0.3, -0.25) is 9.09 Å². The molecule has 0 radical (unpaired) electrons. The zero-order valence-electron chi connectivity index (χ0n) is 21.2. The Balaban J connectivity index is 1.47. The van der Waals surface area contributed by atoms with E-state index in [0.717, 1.165) is 17.8 Å². The highest BCUT2D eigenvalue weighted by molar-refractivity contribution is 7.52. The van der Waals surface area contributed by atoms with Gasteiger partial charge in [0, 0.05) is 6.20 Å². The van der Waals surface area contributed by atoms with Crippen molar-refractivity contribution in [3.05, 3.63) is 89.0 Å². The highest BCUT2D eigenvalue weighted by atomic mass is 31.2. The highest BCUT2D eigenvalue weighted by Crippen LogP contribution is 2.48. The van der Waals surface area contributed by atoms with Crippen LogP contribution in [0.25, 0.3) is 0 Å². The van der Waals surface area contributed by atoms with E-state index in [1.165, 1.54) is 19.1 Å². The molecule has 40 heavy (non-hydrogen) atoms. The summed E-state index contributed by atoms with van der Waals surface area (Å²) in [5.74, 6) is -4.01. The second-order valence-electron chi connectivity index (χ2n) is 8.99. The molecule has 6 atom stereocenters. The summed E-state index contributed by atoms with van der Waals surface area (Å²) in [6, 6.07) is 17.0. The molecule has 2 heterocycles. The monoisotopic (exact) mass is 582 g/mol. The number of halogens is 2. The molecule has 1 saturated heterocycles. The number of nitrogens with one attached hydrogen (secondary N) is 1. The average molecular weight is 582 g/mol. The Bertz CT molecular complexity index is 1370. The number of nitrogens with zero attached hydrogens (tertiary/aromatic N) is 2. The second-order valence-corrected chi connectivity index (χ2v) is 10.7. The van der Waals surface area contributed by atoms with Gasteiger partial charge >= 0.3 is 19.4 Å². The maximum absolute atomic E-state index is 14.9. The topological polar surface area (TPSA) is 167 Å². The van der Waals surface area contributed by atoms with Gasteiger partial charge in [0.1, 0.15) is 17.7 Å². The van der Waals surface area contributed by atoms with Crippen molar-refractivity contribution >= 4 is 13.6 Å². The fourth-order valence-corrected chi connectivity index (χ4v) is 5.35. The Kier molecular flexibility index (Phi) is 9.31. The van der Waals surface area contributed by atoms with Gasteiger partial charge in [0.05, 0.1) is 19.3 Å². The van der Waals surface area contributed by atoms with Crippen molar-refractivity contribution in [2.24, 2.45) is 0 Å². The lowest BCUT2D eigenvalue weighted by atomic mass is 10.1. The molecule has 0 bridgehead atoms. The van der Waals surface area contributed by atoms with Crippen LogP contribution in [0.3, 0.4) is 0 Å². The molecule has 3 aromatic rings. The third-order valence-electron chi connectivity index (χ3n) is 5.91. The summed E-state index contributed by atoms with van der Waals surface area (Å²) in [5.41, 5.74) is 5.09. The molecule has 1 fully saturated rings. The van der Waals surface area contributed by atoms with E-state index in [1.807, 2.05) is 6.07 Å². The molecule has 15 heteroatoms. The molecule has 1 aliphatic heterocycles. The molecule has 0 spiro atoms.